The van der Waals surface area contributed by atoms with Gasteiger partial charge in [0.15, 0.2) is 0 Å². The molecule has 0 fully saturated rings. The summed E-state index contributed by atoms with van der Waals surface area (Å²) in [6.07, 6.45) is 1.64. The number of carbonyl (C=O) groups is 2. The van der Waals surface area contributed by atoms with E-state index in [2.05, 4.69) is 5.10 Å². The summed E-state index contributed by atoms with van der Waals surface area (Å²) < 4.78 is 1.36. The first-order chi connectivity index (χ1) is 9.45. The van der Waals surface area contributed by atoms with E-state index < -0.39 is 11.9 Å². The Balaban J connectivity index is 2.60. The SMILES string of the molecule is CCc1c(C(=O)O)cnn1-c1ccc(O)c(C(=O)O)c1. The quantitative estimate of drug-likeness (QED) is 0.780. The molecule has 0 aliphatic rings. The zero-order valence-corrected chi connectivity index (χ0v) is 10.6. The second kappa shape index (κ2) is 5.04. The summed E-state index contributed by atoms with van der Waals surface area (Å²) in [5, 5.41) is 31.5. The van der Waals surface area contributed by atoms with Gasteiger partial charge in [0.05, 0.1) is 17.6 Å². The molecule has 1 aromatic heterocycles. The number of aromatic hydroxyl groups is 1. The van der Waals surface area contributed by atoms with E-state index in [1.807, 2.05) is 0 Å². The second-order valence-corrected chi connectivity index (χ2v) is 4.08. The molecule has 20 heavy (non-hydrogen) atoms. The van der Waals surface area contributed by atoms with Crippen LogP contribution in [0.1, 0.15) is 33.3 Å². The van der Waals surface area contributed by atoms with E-state index in [9.17, 15) is 14.7 Å². The Labute approximate surface area is 113 Å². The zero-order valence-electron chi connectivity index (χ0n) is 10.6. The van der Waals surface area contributed by atoms with Crippen molar-refractivity contribution in [3.63, 3.8) is 0 Å². The fourth-order valence-electron chi connectivity index (χ4n) is 1.94. The van der Waals surface area contributed by atoms with Crippen LogP contribution < -0.4 is 0 Å². The zero-order chi connectivity index (χ0) is 14.9. The lowest BCUT2D eigenvalue weighted by atomic mass is 10.1. The lowest BCUT2D eigenvalue weighted by molar-refractivity contribution is 0.0683. The van der Waals surface area contributed by atoms with Gasteiger partial charge < -0.3 is 15.3 Å². The molecule has 0 aliphatic carbocycles. The largest absolute Gasteiger partial charge is 0.507 e. The van der Waals surface area contributed by atoms with Crippen LogP contribution in [0.4, 0.5) is 0 Å². The van der Waals surface area contributed by atoms with Gasteiger partial charge in [-0.1, -0.05) is 6.92 Å². The standard InChI is InChI=1S/C13H12N2O5/c1-2-10-9(13(19)20)6-14-15(10)7-3-4-11(16)8(5-7)12(17)18/h3-6,16H,2H2,1H3,(H,17,18)(H,19,20). The molecule has 3 N–H and O–H groups in total. The number of aromatic nitrogens is 2. The maximum absolute atomic E-state index is 11.1. The number of hydrogen-bond acceptors (Lipinski definition) is 4. The van der Waals surface area contributed by atoms with Gasteiger partial charge in [0.1, 0.15) is 16.9 Å². The van der Waals surface area contributed by atoms with E-state index >= 15 is 0 Å². The van der Waals surface area contributed by atoms with Crippen molar-refractivity contribution in [2.45, 2.75) is 13.3 Å². The maximum atomic E-state index is 11.1. The highest BCUT2D eigenvalue weighted by atomic mass is 16.4. The number of phenols is 1. The van der Waals surface area contributed by atoms with Crippen molar-refractivity contribution in [2.75, 3.05) is 0 Å². The minimum atomic E-state index is -1.27. The first-order valence-electron chi connectivity index (χ1n) is 5.82. The summed E-state index contributed by atoms with van der Waals surface area (Å²) in [5.74, 6) is -2.72. The smallest absolute Gasteiger partial charge is 0.339 e. The van der Waals surface area contributed by atoms with E-state index in [1.165, 1.54) is 29.1 Å². The molecule has 2 aromatic rings. The second-order valence-electron chi connectivity index (χ2n) is 4.08. The molecule has 0 saturated carbocycles. The Hall–Kier alpha value is -2.83. The molecule has 7 nitrogen and oxygen atoms in total. The Kier molecular flexibility index (Phi) is 3.43. The average molecular weight is 276 g/mol. The van der Waals surface area contributed by atoms with Gasteiger partial charge in [-0.25, -0.2) is 14.3 Å². The van der Waals surface area contributed by atoms with Crippen molar-refractivity contribution in [2.24, 2.45) is 0 Å². The minimum Gasteiger partial charge on any atom is -0.507 e. The van der Waals surface area contributed by atoms with Gasteiger partial charge in [-0.15, -0.1) is 0 Å². The highest BCUT2D eigenvalue weighted by Crippen LogP contribution is 2.22. The van der Waals surface area contributed by atoms with E-state index in [0.717, 1.165) is 0 Å². The summed E-state index contributed by atoms with van der Waals surface area (Å²) in [7, 11) is 0. The van der Waals surface area contributed by atoms with Crippen LogP contribution in [-0.2, 0) is 6.42 Å². The molecular formula is C13H12N2O5. The van der Waals surface area contributed by atoms with Crippen LogP contribution in [0, 0.1) is 0 Å². The van der Waals surface area contributed by atoms with Crippen LogP contribution >= 0.6 is 0 Å². The predicted molar refractivity (Wildman–Crippen MR) is 68.5 cm³/mol. The molecule has 2 rings (SSSR count). The van der Waals surface area contributed by atoms with Crippen LogP contribution in [0.15, 0.2) is 24.4 Å². The lowest BCUT2D eigenvalue weighted by Gasteiger charge is -2.08. The van der Waals surface area contributed by atoms with Gasteiger partial charge in [-0.3, -0.25) is 0 Å². The van der Waals surface area contributed by atoms with E-state index in [1.54, 1.807) is 6.92 Å². The molecule has 0 aliphatic heterocycles. The summed E-state index contributed by atoms with van der Waals surface area (Å²) in [6.45, 7) is 1.78. The minimum absolute atomic E-state index is 0.0671. The third-order valence-corrected chi connectivity index (χ3v) is 2.89. The van der Waals surface area contributed by atoms with E-state index in [4.69, 9.17) is 10.2 Å². The molecule has 7 heteroatoms. The predicted octanol–water partition coefficient (Wildman–Crippen LogP) is 1.54. The molecule has 0 bridgehead atoms. The Morgan fingerprint density at radius 2 is 1.85 bits per heavy atom. The highest BCUT2D eigenvalue weighted by molar-refractivity contribution is 5.91. The van der Waals surface area contributed by atoms with Crippen molar-refractivity contribution in [3.8, 4) is 11.4 Å². The third kappa shape index (κ3) is 2.20. The molecule has 0 radical (unpaired) electrons. The summed E-state index contributed by atoms with van der Waals surface area (Å²) in [5.41, 5.74) is 0.637. The van der Waals surface area contributed by atoms with Crippen molar-refractivity contribution in [1.29, 1.82) is 0 Å². The first-order valence-corrected chi connectivity index (χ1v) is 5.82. The number of nitrogens with zero attached hydrogens (tertiary/aromatic N) is 2. The molecule has 1 heterocycles. The maximum Gasteiger partial charge on any atom is 0.339 e. The monoisotopic (exact) mass is 276 g/mol. The molecule has 0 unspecified atom stereocenters. The lowest BCUT2D eigenvalue weighted by Crippen LogP contribution is -2.07. The first kappa shape index (κ1) is 13.6. The number of carboxylic acid groups (broad SMARTS) is 2. The summed E-state index contributed by atoms with van der Waals surface area (Å²) >= 11 is 0. The van der Waals surface area contributed by atoms with Crippen molar-refractivity contribution in [1.82, 2.24) is 9.78 Å². The van der Waals surface area contributed by atoms with Gasteiger partial charge in [0, 0.05) is 0 Å². The van der Waals surface area contributed by atoms with Crippen LogP contribution in [0.3, 0.4) is 0 Å². The van der Waals surface area contributed by atoms with E-state index in [-0.39, 0.29) is 16.9 Å². The molecule has 0 saturated heterocycles. The fraction of sp³-hybridized carbons (Fsp3) is 0.154. The number of carboxylic acids is 2. The third-order valence-electron chi connectivity index (χ3n) is 2.89. The molecule has 104 valence electrons. The number of aromatic carboxylic acids is 2. The Morgan fingerprint density at radius 1 is 1.20 bits per heavy atom. The molecular weight excluding hydrogens is 264 g/mol. The normalized spacial score (nSPS) is 10.4. The number of benzene rings is 1. The van der Waals surface area contributed by atoms with Crippen LogP contribution in [-0.4, -0.2) is 37.0 Å². The van der Waals surface area contributed by atoms with Crippen LogP contribution in [0.25, 0.3) is 5.69 Å². The Bertz CT molecular complexity index is 690. The van der Waals surface area contributed by atoms with Crippen molar-refractivity contribution in [3.05, 3.63) is 41.2 Å². The molecule has 0 spiro atoms. The summed E-state index contributed by atoms with van der Waals surface area (Å²) in [6, 6.07) is 3.95. The Morgan fingerprint density at radius 3 is 2.40 bits per heavy atom. The molecule has 0 amide bonds. The highest BCUT2D eigenvalue weighted by Gasteiger charge is 2.18. The van der Waals surface area contributed by atoms with Crippen LogP contribution in [0.5, 0.6) is 5.75 Å². The van der Waals surface area contributed by atoms with Gasteiger partial charge >= 0.3 is 11.9 Å². The number of rotatable bonds is 4. The average Bonchev–Trinajstić information content (AvgIpc) is 2.82. The molecule has 1 aromatic carbocycles. The van der Waals surface area contributed by atoms with Gasteiger partial charge in [0.25, 0.3) is 0 Å². The van der Waals surface area contributed by atoms with Gasteiger partial charge in [-0.2, -0.15) is 5.10 Å². The topological polar surface area (TPSA) is 113 Å². The fourth-order valence-corrected chi connectivity index (χ4v) is 1.94. The van der Waals surface area contributed by atoms with Gasteiger partial charge in [0.2, 0.25) is 0 Å². The number of hydrogen-bond donors (Lipinski definition) is 3. The summed E-state index contributed by atoms with van der Waals surface area (Å²) in [4.78, 5) is 22.1. The van der Waals surface area contributed by atoms with E-state index in [0.29, 0.717) is 17.8 Å². The van der Waals surface area contributed by atoms with Crippen molar-refractivity contribution < 1.29 is 24.9 Å². The van der Waals surface area contributed by atoms with Crippen molar-refractivity contribution >= 4 is 11.9 Å². The molecule has 0 atom stereocenters. The van der Waals surface area contributed by atoms with Crippen LogP contribution in [0.2, 0.25) is 0 Å². The van der Waals surface area contributed by atoms with Gasteiger partial charge in [-0.05, 0) is 24.6 Å².